The van der Waals surface area contributed by atoms with Crippen LogP contribution in [0.5, 0.6) is 0 Å². The van der Waals surface area contributed by atoms with Gasteiger partial charge in [-0.1, -0.05) is 0 Å². The molecule has 1 saturated heterocycles. The highest BCUT2D eigenvalue weighted by atomic mass is 16.6. The molecule has 0 saturated carbocycles. The van der Waals surface area contributed by atoms with Crippen molar-refractivity contribution in [2.75, 3.05) is 6.61 Å². The summed E-state index contributed by atoms with van der Waals surface area (Å²) in [5.74, 6) is 0. The van der Waals surface area contributed by atoms with Gasteiger partial charge in [-0.05, 0) is 5.18 Å². The molecule has 13 heavy (non-hydrogen) atoms. The van der Waals surface area contributed by atoms with Crippen molar-refractivity contribution in [3.8, 4) is 0 Å². The smallest absolute Gasteiger partial charge is 0.207 e. The Morgan fingerprint density at radius 2 is 2.00 bits per heavy atom. The Morgan fingerprint density at radius 1 is 1.38 bits per heavy atom. The average molecular weight is 192 g/mol. The van der Waals surface area contributed by atoms with E-state index in [9.17, 15) is 15.1 Å². The number of hydrogen-bond acceptors (Lipinski definition) is 7. The molecule has 0 radical (unpaired) electrons. The third-order valence-corrected chi connectivity index (χ3v) is 2.05. The number of rotatable bonds is 2. The van der Waals surface area contributed by atoms with Gasteiger partial charge < -0.3 is 25.8 Å². The zero-order valence-corrected chi connectivity index (χ0v) is 6.78. The Hall–Kier alpha value is -0.600. The fourth-order valence-electron chi connectivity index (χ4n) is 1.21. The largest absolute Gasteiger partial charge is 0.394 e. The van der Waals surface area contributed by atoms with E-state index >= 15 is 0 Å². The van der Waals surface area contributed by atoms with Crippen molar-refractivity contribution in [3.05, 3.63) is 4.91 Å². The van der Waals surface area contributed by atoms with Crippen LogP contribution in [0.3, 0.4) is 0 Å². The first kappa shape index (κ1) is 10.5. The summed E-state index contributed by atoms with van der Waals surface area (Å²) in [5.41, 5.74) is 5.33. The highest BCUT2D eigenvalue weighted by Gasteiger charge is 2.43. The predicted molar refractivity (Wildman–Crippen MR) is 41.5 cm³/mol. The van der Waals surface area contributed by atoms with Crippen molar-refractivity contribution in [2.45, 2.75) is 30.6 Å². The van der Waals surface area contributed by atoms with Crippen LogP contribution in [0, 0.1) is 4.91 Å². The molecule has 1 aliphatic heterocycles. The summed E-state index contributed by atoms with van der Waals surface area (Å²) in [6.07, 6.45) is -4.85. The number of aliphatic hydroxyl groups is 3. The number of nitrogens with zero attached hydrogens (tertiary/aromatic N) is 1. The average Bonchev–Trinajstić information content (AvgIpc) is 2.15. The zero-order chi connectivity index (χ0) is 10.0. The number of ether oxygens (including phenoxy) is 1. The molecule has 5 atom stereocenters. The van der Waals surface area contributed by atoms with Crippen molar-refractivity contribution < 1.29 is 20.1 Å². The molecule has 0 amide bonds. The van der Waals surface area contributed by atoms with Crippen molar-refractivity contribution in [2.24, 2.45) is 10.9 Å². The molecule has 5 N–H and O–H groups in total. The van der Waals surface area contributed by atoms with E-state index in [1.54, 1.807) is 0 Å². The van der Waals surface area contributed by atoms with Crippen LogP contribution in [-0.2, 0) is 4.74 Å². The highest BCUT2D eigenvalue weighted by Crippen LogP contribution is 2.19. The quantitative estimate of drug-likeness (QED) is 0.359. The maximum Gasteiger partial charge on any atom is 0.207 e. The minimum atomic E-state index is -1.31. The van der Waals surface area contributed by atoms with Crippen LogP contribution in [-0.4, -0.2) is 52.5 Å². The Kier molecular flexibility index (Phi) is 3.28. The Morgan fingerprint density at radius 3 is 2.46 bits per heavy atom. The summed E-state index contributed by atoms with van der Waals surface area (Å²) in [7, 11) is 0. The van der Waals surface area contributed by atoms with E-state index in [4.69, 9.17) is 15.6 Å². The van der Waals surface area contributed by atoms with Gasteiger partial charge in [0.25, 0.3) is 0 Å². The first-order chi connectivity index (χ1) is 6.11. The Bertz CT molecular complexity index is 188. The van der Waals surface area contributed by atoms with Gasteiger partial charge in [-0.15, -0.1) is 4.91 Å². The molecule has 0 aliphatic carbocycles. The molecule has 7 heteroatoms. The van der Waals surface area contributed by atoms with Gasteiger partial charge in [-0.2, -0.15) is 0 Å². The maximum absolute atomic E-state index is 10.2. The first-order valence-corrected chi connectivity index (χ1v) is 3.82. The summed E-state index contributed by atoms with van der Waals surface area (Å²) in [4.78, 5) is 10.2. The molecule has 0 aromatic rings. The van der Waals surface area contributed by atoms with Crippen LogP contribution in [0.25, 0.3) is 0 Å². The maximum atomic E-state index is 10.2. The second kappa shape index (κ2) is 4.07. The highest BCUT2D eigenvalue weighted by molar-refractivity contribution is 4.93. The van der Waals surface area contributed by atoms with Gasteiger partial charge in [0.2, 0.25) is 6.23 Å². The lowest BCUT2D eigenvalue weighted by atomic mass is 9.97. The molecule has 1 rings (SSSR count). The summed E-state index contributed by atoms with van der Waals surface area (Å²) >= 11 is 0. The molecule has 0 aromatic carbocycles. The Balaban J connectivity index is 2.71. The Labute approximate surface area is 74.1 Å². The van der Waals surface area contributed by atoms with Crippen molar-refractivity contribution in [3.63, 3.8) is 0 Å². The number of nitrogens with two attached hydrogens (primary N) is 1. The predicted octanol–water partition coefficient (Wildman–Crippen LogP) is -2.48. The third kappa shape index (κ3) is 1.84. The molecule has 1 fully saturated rings. The molecular formula is C6H12N2O5. The van der Waals surface area contributed by atoms with Gasteiger partial charge in [0, 0.05) is 0 Å². The lowest BCUT2D eigenvalue weighted by Crippen LogP contribution is -2.61. The van der Waals surface area contributed by atoms with E-state index in [0.29, 0.717) is 0 Å². The van der Waals surface area contributed by atoms with Gasteiger partial charge in [-0.3, -0.25) is 0 Å². The minimum absolute atomic E-state index is 0.503. The minimum Gasteiger partial charge on any atom is -0.394 e. The molecule has 2 unspecified atom stereocenters. The lowest BCUT2D eigenvalue weighted by molar-refractivity contribution is -0.186. The first-order valence-electron chi connectivity index (χ1n) is 3.82. The number of aliphatic hydroxyl groups excluding tert-OH is 3. The summed E-state index contributed by atoms with van der Waals surface area (Å²) in [6, 6.07) is -1.06. The topological polar surface area (TPSA) is 125 Å². The summed E-state index contributed by atoms with van der Waals surface area (Å²) in [6.45, 7) is -0.503. The number of nitroso groups, excluding NO2 is 1. The van der Waals surface area contributed by atoms with Crippen LogP contribution < -0.4 is 5.73 Å². The molecule has 0 spiro atoms. The molecule has 1 aliphatic rings. The van der Waals surface area contributed by atoms with Gasteiger partial charge in [0.1, 0.15) is 18.3 Å². The van der Waals surface area contributed by atoms with E-state index in [-0.39, 0.29) is 0 Å². The van der Waals surface area contributed by atoms with Gasteiger partial charge in [0.05, 0.1) is 12.6 Å². The van der Waals surface area contributed by atoms with Crippen LogP contribution in [0.2, 0.25) is 0 Å². The van der Waals surface area contributed by atoms with Gasteiger partial charge in [0.15, 0.2) is 0 Å². The molecule has 76 valence electrons. The molecular weight excluding hydrogens is 180 g/mol. The monoisotopic (exact) mass is 192 g/mol. The second-order valence-corrected chi connectivity index (χ2v) is 2.91. The van der Waals surface area contributed by atoms with Crippen LogP contribution >= 0.6 is 0 Å². The molecule has 0 aromatic heterocycles. The van der Waals surface area contributed by atoms with E-state index in [0.717, 1.165) is 0 Å². The standard InChI is InChI=1S/C6H12N2O5/c7-3-5(11)4(10)2(1-9)13-6(3)8-12/h2-6,9-11H,1,7H2/t2?,3?,4-,5+,6-/m1/s1. The van der Waals surface area contributed by atoms with Crippen LogP contribution in [0.4, 0.5) is 0 Å². The van der Waals surface area contributed by atoms with E-state index in [2.05, 4.69) is 5.18 Å². The van der Waals surface area contributed by atoms with Gasteiger partial charge >= 0.3 is 0 Å². The van der Waals surface area contributed by atoms with Crippen LogP contribution in [0.15, 0.2) is 5.18 Å². The van der Waals surface area contributed by atoms with Crippen LogP contribution in [0.1, 0.15) is 0 Å². The van der Waals surface area contributed by atoms with Crippen molar-refractivity contribution in [1.82, 2.24) is 0 Å². The van der Waals surface area contributed by atoms with Crippen molar-refractivity contribution >= 4 is 0 Å². The van der Waals surface area contributed by atoms with Crippen molar-refractivity contribution in [1.29, 1.82) is 0 Å². The van der Waals surface area contributed by atoms with E-state index in [1.807, 2.05) is 0 Å². The molecule has 1 heterocycles. The normalized spacial score (nSPS) is 46.0. The third-order valence-electron chi connectivity index (χ3n) is 2.05. The van der Waals surface area contributed by atoms with Gasteiger partial charge in [-0.25, -0.2) is 0 Å². The molecule has 7 nitrogen and oxygen atoms in total. The fraction of sp³-hybridized carbons (Fsp3) is 1.00. The molecule has 0 bridgehead atoms. The summed E-state index contributed by atoms with van der Waals surface area (Å²) in [5, 5.41) is 29.8. The van der Waals surface area contributed by atoms with E-state index in [1.165, 1.54) is 0 Å². The SMILES string of the molecule is NC1[C@H](N=O)OC(CO)[C@@H](O)[C@H]1O. The van der Waals surface area contributed by atoms with E-state index < -0.39 is 37.2 Å². The summed E-state index contributed by atoms with van der Waals surface area (Å²) < 4.78 is 4.82. The zero-order valence-electron chi connectivity index (χ0n) is 6.78. The number of hydrogen-bond donors (Lipinski definition) is 4. The second-order valence-electron chi connectivity index (χ2n) is 2.91. The lowest BCUT2D eigenvalue weighted by Gasteiger charge is -2.37. The fourth-order valence-corrected chi connectivity index (χ4v) is 1.21.